The van der Waals surface area contributed by atoms with Crippen LogP contribution < -0.4 is 5.32 Å². The predicted octanol–water partition coefficient (Wildman–Crippen LogP) is 2.28. The number of aliphatic hydroxyl groups is 1. The molecule has 4 nitrogen and oxygen atoms in total. The van der Waals surface area contributed by atoms with Gasteiger partial charge in [-0.05, 0) is 19.2 Å². The Labute approximate surface area is 116 Å². The second-order valence-corrected chi connectivity index (χ2v) is 5.62. The fraction of sp³-hybridized carbons (Fsp3) is 0.357. The lowest BCUT2D eigenvalue weighted by molar-refractivity contribution is 0.0725. The molecular formula is C14H17NO3S. The highest BCUT2D eigenvalue weighted by atomic mass is 32.2. The summed E-state index contributed by atoms with van der Waals surface area (Å²) in [6.45, 7) is 1.92. The third-order valence-electron chi connectivity index (χ3n) is 2.81. The Morgan fingerprint density at radius 3 is 2.95 bits per heavy atom. The van der Waals surface area contributed by atoms with Crippen molar-refractivity contribution in [1.82, 2.24) is 5.32 Å². The first kappa shape index (κ1) is 14.0. The molecule has 0 spiro atoms. The maximum atomic E-state index is 12.1. The lowest BCUT2D eigenvalue weighted by atomic mass is 10.1. The molecule has 1 atom stereocenters. The number of rotatable bonds is 5. The molecule has 0 aliphatic rings. The number of nitrogens with one attached hydrogen (secondary N) is 1. The summed E-state index contributed by atoms with van der Waals surface area (Å²) in [5, 5.41) is 13.5. The van der Waals surface area contributed by atoms with Gasteiger partial charge in [-0.1, -0.05) is 18.2 Å². The summed E-state index contributed by atoms with van der Waals surface area (Å²) in [5.41, 5.74) is 0.272. The molecule has 1 heterocycles. The topological polar surface area (TPSA) is 62.5 Å². The molecule has 0 saturated carbocycles. The van der Waals surface area contributed by atoms with Crippen LogP contribution in [0.4, 0.5) is 0 Å². The van der Waals surface area contributed by atoms with Crippen LogP contribution in [0.5, 0.6) is 0 Å². The Bertz CT molecular complexity index is 577. The SMILES string of the molecule is CSCC(C)(O)CNC(=O)c1coc2ccccc12. The molecular weight excluding hydrogens is 262 g/mol. The highest BCUT2D eigenvalue weighted by Gasteiger charge is 2.22. The molecule has 0 aliphatic carbocycles. The van der Waals surface area contributed by atoms with Gasteiger partial charge in [-0.2, -0.15) is 11.8 Å². The second-order valence-electron chi connectivity index (χ2n) is 4.76. The van der Waals surface area contributed by atoms with Crippen LogP contribution >= 0.6 is 11.8 Å². The molecule has 1 aromatic carbocycles. The number of hydrogen-bond acceptors (Lipinski definition) is 4. The summed E-state index contributed by atoms with van der Waals surface area (Å²) in [4.78, 5) is 12.1. The van der Waals surface area contributed by atoms with Crippen molar-refractivity contribution in [2.24, 2.45) is 0 Å². The van der Waals surface area contributed by atoms with Crippen LogP contribution in [0, 0.1) is 0 Å². The molecule has 0 radical (unpaired) electrons. The third kappa shape index (κ3) is 3.30. The van der Waals surface area contributed by atoms with Gasteiger partial charge in [0.05, 0.1) is 11.2 Å². The number of para-hydroxylation sites is 1. The van der Waals surface area contributed by atoms with Gasteiger partial charge >= 0.3 is 0 Å². The minimum Gasteiger partial charge on any atom is -0.463 e. The van der Waals surface area contributed by atoms with Gasteiger partial charge in [-0.15, -0.1) is 0 Å². The molecule has 2 aromatic rings. The van der Waals surface area contributed by atoms with Gasteiger partial charge < -0.3 is 14.8 Å². The molecule has 0 saturated heterocycles. The largest absolute Gasteiger partial charge is 0.463 e. The Morgan fingerprint density at radius 2 is 2.21 bits per heavy atom. The van der Waals surface area contributed by atoms with Crippen LogP contribution in [0.3, 0.4) is 0 Å². The molecule has 1 unspecified atom stereocenters. The van der Waals surface area contributed by atoms with Gasteiger partial charge in [0.15, 0.2) is 0 Å². The minimum absolute atomic E-state index is 0.214. The van der Waals surface area contributed by atoms with Gasteiger partial charge in [0, 0.05) is 17.7 Å². The Morgan fingerprint density at radius 1 is 1.47 bits per heavy atom. The quantitative estimate of drug-likeness (QED) is 0.881. The first-order valence-corrected chi connectivity index (χ1v) is 7.39. The van der Waals surface area contributed by atoms with Gasteiger partial charge in [0.2, 0.25) is 0 Å². The van der Waals surface area contributed by atoms with Crippen molar-refractivity contribution in [3.05, 3.63) is 36.1 Å². The number of fused-ring (bicyclic) bond motifs is 1. The molecule has 2 rings (SSSR count). The van der Waals surface area contributed by atoms with Crippen molar-refractivity contribution in [3.63, 3.8) is 0 Å². The van der Waals surface area contributed by atoms with E-state index in [-0.39, 0.29) is 12.5 Å². The van der Waals surface area contributed by atoms with Crippen molar-refractivity contribution >= 4 is 28.6 Å². The highest BCUT2D eigenvalue weighted by Crippen LogP contribution is 2.20. The fourth-order valence-corrected chi connectivity index (χ4v) is 2.61. The maximum Gasteiger partial charge on any atom is 0.255 e. The van der Waals surface area contributed by atoms with E-state index in [9.17, 15) is 9.90 Å². The fourth-order valence-electron chi connectivity index (χ4n) is 1.88. The predicted molar refractivity (Wildman–Crippen MR) is 77.6 cm³/mol. The van der Waals surface area contributed by atoms with Crippen LogP contribution in [0.1, 0.15) is 17.3 Å². The lowest BCUT2D eigenvalue weighted by Gasteiger charge is -2.22. The van der Waals surface area contributed by atoms with Gasteiger partial charge in [-0.3, -0.25) is 4.79 Å². The van der Waals surface area contributed by atoms with E-state index in [1.54, 1.807) is 18.7 Å². The van der Waals surface area contributed by atoms with Crippen LogP contribution in [-0.4, -0.2) is 35.2 Å². The summed E-state index contributed by atoms with van der Waals surface area (Å²) >= 11 is 1.54. The van der Waals surface area contributed by atoms with Gasteiger partial charge in [0.1, 0.15) is 11.8 Å². The highest BCUT2D eigenvalue weighted by molar-refractivity contribution is 7.98. The molecule has 0 bridgehead atoms. The van der Waals surface area contributed by atoms with Gasteiger partial charge in [-0.25, -0.2) is 0 Å². The van der Waals surface area contributed by atoms with Crippen LogP contribution in [0.15, 0.2) is 34.9 Å². The Balaban J connectivity index is 2.08. The number of carbonyl (C=O) groups is 1. The van der Waals surface area contributed by atoms with E-state index < -0.39 is 5.60 Å². The van der Waals surface area contributed by atoms with E-state index in [4.69, 9.17) is 4.42 Å². The van der Waals surface area contributed by atoms with Crippen molar-refractivity contribution in [1.29, 1.82) is 0 Å². The average Bonchev–Trinajstić information content (AvgIpc) is 2.80. The monoisotopic (exact) mass is 279 g/mol. The van der Waals surface area contributed by atoms with Crippen molar-refractivity contribution in [2.45, 2.75) is 12.5 Å². The van der Waals surface area contributed by atoms with E-state index >= 15 is 0 Å². The minimum atomic E-state index is -0.908. The normalized spacial score (nSPS) is 14.3. The summed E-state index contributed by atoms with van der Waals surface area (Å²) in [6.07, 6.45) is 3.36. The smallest absolute Gasteiger partial charge is 0.255 e. The zero-order valence-corrected chi connectivity index (χ0v) is 11.8. The molecule has 0 aliphatic heterocycles. The third-order valence-corrected chi connectivity index (χ3v) is 3.72. The lowest BCUT2D eigenvalue weighted by Crippen LogP contribution is -2.42. The average molecular weight is 279 g/mol. The molecule has 1 aromatic heterocycles. The number of hydrogen-bond donors (Lipinski definition) is 2. The van der Waals surface area contributed by atoms with Crippen LogP contribution in [0.25, 0.3) is 11.0 Å². The number of thioether (sulfide) groups is 1. The van der Waals surface area contributed by atoms with E-state index in [2.05, 4.69) is 5.32 Å². The second kappa shape index (κ2) is 5.67. The summed E-state index contributed by atoms with van der Waals surface area (Å²) in [5.74, 6) is 0.339. The van der Waals surface area contributed by atoms with Crippen molar-refractivity contribution < 1.29 is 14.3 Å². The zero-order chi connectivity index (χ0) is 13.9. The molecule has 1 amide bonds. The maximum absolute atomic E-state index is 12.1. The Kier molecular flexibility index (Phi) is 4.17. The molecule has 2 N–H and O–H groups in total. The Hall–Kier alpha value is -1.46. The van der Waals surface area contributed by atoms with Crippen molar-refractivity contribution in [2.75, 3.05) is 18.6 Å². The van der Waals surface area contributed by atoms with E-state index in [1.807, 2.05) is 30.5 Å². The standard InChI is InChI=1S/C14H17NO3S/c1-14(17,9-19-2)8-15-13(16)11-7-18-12-6-4-3-5-10(11)12/h3-7,17H,8-9H2,1-2H3,(H,15,16). The van der Waals surface area contributed by atoms with E-state index in [0.717, 1.165) is 5.39 Å². The number of amides is 1. The molecule has 0 fully saturated rings. The van der Waals surface area contributed by atoms with E-state index in [1.165, 1.54) is 6.26 Å². The van der Waals surface area contributed by atoms with Gasteiger partial charge in [0.25, 0.3) is 5.91 Å². The number of carbonyl (C=O) groups excluding carboxylic acids is 1. The molecule has 102 valence electrons. The first-order chi connectivity index (χ1) is 9.03. The summed E-state index contributed by atoms with van der Waals surface area (Å²) in [6, 6.07) is 7.37. The first-order valence-electron chi connectivity index (χ1n) is 5.99. The zero-order valence-electron chi connectivity index (χ0n) is 11.0. The number of benzene rings is 1. The number of furan rings is 1. The summed E-state index contributed by atoms with van der Waals surface area (Å²) in [7, 11) is 0. The van der Waals surface area contributed by atoms with Crippen molar-refractivity contribution in [3.8, 4) is 0 Å². The molecule has 19 heavy (non-hydrogen) atoms. The summed E-state index contributed by atoms with van der Waals surface area (Å²) < 4.78 is 5.32. The van der Waals surface area contributed by atoms with E-state index in [0.29, 0.717) is 16.9 Å². The van der Waals surface area contributed by atoms with Crippen LogP contribution in [0.2, 0.25) is 0 Å². The molecule has 5 heteroatoms. The van der Waals surface area contributed by atoms with Crippen LogP contribution in [-0.2, 0) is 0 Å².